The highest BCUT2D eigenvalue weighted by molar-refractivity contribution is 5.77. The van der Waals surface area contributed by atoms with Crippen LogP contribution in [0.2, 0.25) is 0 Å². The topological polar surface area (TPSA) is 77.0 Å². The Hall–Kier alpha value is -3.88. The number of fused-ring (bicyclic) bond motifs is 1. The maximum Gasteiger partial charge on any atom is 0.244 e. The molecule has 0 saturated heterocycles. The van der Waals surface area contributed by atoms with Crippen LogP contribution in [0.3, 0.4) is 0 Å². The van der Waals surface area contributed by atoms with Gasteiger partial charge in [0.15, 0.2) is 17.5 Å². The largest absolute Gasteiger partial charge is 0.444 e. The molecule has 0 radical (unpaired) electrons. The lowest BCUT2D eigenvalue weighted by molar-refractivity contribution is -0.133. The second kappa shape index (κ2) is 7.99. The fourth-order valence-corrected chi connectivity index (χ4v) is 3.75. The molecule has 2 aromatic carbocycles. The molecule has 0 saturated carbocycles. The maximum absolute atomic E-state index is 13.4. The summed E-state index contributed by atoms with van der Waals surface area (Å²) in [5.74, 6) is 1.17. The minimum atomic E-state index is -0.374. The molecule has 0 unspecified atom stereocenters. The van der Waals surface area contributed by atoms with Gasteiger partial charge in [0.05, 0.1) is 12.2 Å². The Balaban J connectivity index is 1.45. The van der Waals surface area contributed by atoms with E-state index in [1.165, 1.54) is 28.9 Å². The number of benzene rings is 2. The van der Waals surface area contributed by atoms with Crippen LogP contribution in [0.15, 0.2) is 52.9 Å². The van der Waals surface area contributed by atoms with Gasteiger partial charge in [-0.05, 0) is 48.5 Å². The van der Waals surface area contributed by atoms with Crippen molar-refractivity contribution in [2.24, 2.45) is 0 Å². The van der Waals surface area contributed by atoms with Crippen molar-refractivity contribution in [3.05, 3.63) is 77.5 Å². The molecule has 3 heterocycles. The third-order valence-corrected chi connectivity index (χ3v) is 5.35. The number of aromatic nitrogens is 4. The number of carbonyl (C=O) groups excluding carboxylic acids is 1. The Labute approximate surface area is 182 Å². The van der Waals surface area contributed by atoms with Crippen molar-refractivity contribution in [2.75, 3.05) is 6.54 Å². The van der Waals surface area contributed by atoms with Crippen molar-refractivity contribution < 1.29 is 18.0 Å². The highest BCUT2D eigenvalue weighted by Crippen LogP contribution is 2.24. The summed E-state index contributed by atoms with van der Waals surface area (Å²) in [6.45, 7) is 2.61. The molecule has 162 valence electrons. The standard InChI is InChI=1S/C23H19F2N5O2/c1-14-26-19-10-11-29(12-20(19)32-14)21(31)13-30-23(16-4-8-18(25)9-5-16)27-22(28-30)15-2-6-17(24)7-3-15/h2-9H,10-13H2,1H3. The molecule has 2 aromatic heterocycles. The van der Waals surface area contributed by atoms with Gasteiger partial charge in [0, 0.05) is 31.0 Å². The van der Waals surface area contributed by atoms with E-state index in [9.17, 15) is 13.6 Å². The average Bonchev–Trinajstić information content (AvgIpc) is 3.36. The normalized spacial score (nSPS) is 13.3. The summed E-state index contributed by atoms with van der Waals surface area (Å²) >= 11 is 0. The average molecular weight is 435 g/mol. The monoisotopic (exact) mass is 435 g/mol. The van der Waals surface area contributed by atoms with E-state index in [2.05, 4.69) is 15.1 Å². The van der Waals surface area contributed by atoms with Crippen LogP contribution in [0.5, 0.6) is 0 Å². The number of halogens is 2. The van der Waals surface area contributed by atoms with Crippen molar-refractivity contribution in [3.63, 3.8) is 0 Å². The molecular formula is C23H19F2N5O2. The number of hydrogen-bond acceptors (Lipinski definition) is 5. The summed E-state index contributed by atoms with van der Waals surface area (Å²) in [4.78, 5) is 23.7. The number of amides is 1. The lowest BCUT2D eigenvalue weighted by Crippen LogP contribution is -2.38. The van der Waals surface area contributed by atoms with Crippen molar-refractivity contribution >= 4 is 5.91 Å². The van der Waals surface area contributed by atoms with E-state index >= 15 is 0 Å². The maximum atomic E-state index is 13.4. The summed E-state index contributed by atoms with van der Waals surface area (Å²) in [6, 6.07) is 11.6. The van der Waals surface area contributed by atoms with Gasteiger partial charge in [0.25, 0.3) is 0 Å². The quantitative estimate of drug-likeness (QED) is 0.488. The minimum absolute atomic E-state index is 0.0522. The van der Waals surface area contributed by atoms with Crippen LogP contribution in [-0.2, 0) is 24.3 Å². The van der Waals surface area contributed by atoms with E-state index in [-0.39, 0.29) is 24.1 Å². The summed E-state index contributed by atoms with van der Waals surface area (Å²) in [5.41, 5.74) is 2.12. The SMILES string of the molecule is Cc1nc2c(o1)CN(C(=O)Cn1nc(-c3ccc(F)cc3)nc1-c1ccc(F)cc1)CC2. The Morgan fingerprint density at radius 1 is 1.00 bits per heavy atom. The number of rotatable bonds is 4. The van der Waals surface area contributed by atoms with Gasteiger partial charge in [0.2, 0.25) is 5.91 Å². The van der Waals surface area contributed by atoms with E-state index < -0.39 is 0 Å². The highest BCUT2D eigenvalue weighted by Gasteiger charge is 2.26. The van der Waals surface area contributed by atoms with Crippen molar-refractivity contribution in [3.8, 4) is 22.8 Å². The Kier molecular flexibility index (Phi) is 5.01. The third kappa shape index (κ3) is 3.89. The van der Waals surface area contributed by atoms with Gasteiger partial charge in [0.1, 0.15) is 23.9 Å². The highest BCUT2D eigenvalue weighted by atomic mass is 19.1. The summed E-state index contributed by atoms with van der Waals surface area (Å²) in [5, 5.41) is 4.50. The number of hydrogen-bond donors (Lipinski definition) is 0. The van der Waals surface area contributed by atoms with Gasteiger partial charge in [-0.3, -0.25) is 4.79 Å². The van der Waals surface area contributed by atoms with E-state index in [1.54, 1.807) is 36.1 Å². The number of carbonyl (C=O) groups is 1. The molecule has 0 spiro atoms. The molecule has 1 aliphatic heterocycles. The number of aryl methyl sites for hydroxylation is 1. The number of nitrogens with zero attached hydrogens (tertiary/aromatic N) is 5. The van der Waals surface area contributed by atoms with Gasteiger partial charge in [-0.15, -0.1) is 5.10 Å². The molecule has 32 heavy (non-hydrogen) atoms. The van der Waals surface area contributed by atoms with Crippen LogP contribution >= 0.6 is 0 Å². The van der Waals surface area contributed by atoms with Crippen molar-refractivity contribution in [1.29, 1.82) is 0 Å². The molecule has 0 fully saturated rings. The van der Waals surface area contributed by atoms with E-state index in [0.29, 0.717) is 53.9 Å². The van der Waals surface area contributed by atoms with Gasteiger partial charge in [-0.2, -0.15) is 0 Å². The molecule has 0 N–H and O–H groups in total. The third-order valence-electron chi connectivity index (χ3n) is 5.35. The molecule has 9 heteroatoms. The predicted molar refractivity (Wildman–Crippen MR) is 111 cm³/mol. The van der Waals surface area contributed by atoms with Gasteiger partial charge < -0.3 is 9.32 Å². The molecule has 0 aliphatic carbocycles. The zero-order valence-corrected chi connectivity index (χ0v) is 17.3. The van der Waals surface area contributed by atoms with Crippen LogP contribution in [0, 0.1) is 18.6 Å². The summed E-state index contributed by atoms with van der Waals surface area (Å²) in [7, 11) is 0. The van der Waals surface area contributed by atoms with Crippen LogP contribution in [-0.4, -0.2) is 37.1 Å². The molecule has 0 bridgehead atoms. The first kappa shape index (κ1) is 20.0. The predicted octanol–water partition coefficient (Wildman–Crippen LogP) is 3.77. The lowest BCUT2D eigenvalue weighted by Gasteiger charge is -2.25. The van der Waals surface area contributed by atoms with Gasteiger partial charge in [-0.25, -0.2) is 23.4 Å². The first-order valence-electron chi connectivity index (χ1n) is 10.2. The van der Waals surface area contributed by atoms with E-state index in [1.807, 2.05) is 0 Å². The molecule has 0 atom stereocenters. The van der Waals surface area contributed by atoms with Crippen molar-refractivity contribution in [1.82, 2.24) is 24.6 Å². The summed E-state index contributed by atoms with van der Waals surface area (Å²) < 4.78 is 33.9. The first-order chi connectivity index (χ1) is 15.5. The molecular weight excluding hydrogens is 416 g/mol. The number of oxazole rings is 1. The Morgan fingerprint density at radius 3 is 2.34 bits per heavy atom. The smallest absolute Gasteiger partial charge is 0.244 e. The molecule has 5 rings (SSSR count). The minimum Gasteiger partial charge on any atom is -0.444 e. The molecule has 7 nitrogen and oxygen atoms in total. The first-order valence-corrected chi connectivity index (χ1v) is 10.2. The van der Waals surface area contributed by atoms with Crippen LogP contribution in [0.25, 0.3) is 22.8 Å². The van der Waals surface area contributed by atoms with Crippen LogP contribution < -0.4 is 0 Å². The fourth-order valence-electron chi connectivity index (χ4n) is 3.75. The van der Waals surface area contributed by atoms with Gasteiger partial charge in [-0.1, -0.05) is 0 Å². The Morgan fingerprint density at radius 2 is 1.66 bits per heavy atom. The second-order valence-electron chi connectivity index (χ2n) is 7.60. The van der Waals surface area contributed by atoms with Crippen LogP contribution in [0.4, 0.5) is 8.78 Å². The zero-order chi connectivity index (χ0) is 22.2. The lowest BCUT2D eigenvalue weighted by atomic mass is 10.1. The van der Waals surface area contributed by atoms with Crippen molar-refractivity contribution in [2.45, 2.75) is 26.4 Å². The fraction of sp³-hybridized carbons (Fsp3) is 0.217. The van der Waals surface area contributed by atoms with Gasteiger partial charge >= 0.3 is 0 Å². The molecule has 4 aromatic rings. The van der Waals surface area contributed by atoms with Crippen LogP contribution in [0.1, 0.15) is 17.3 Å². The van der Waals surface area contributed by atoms with E-state index in [4.69, 9.17) is 4.42 Å². The molecule has 1 amide bonds. The second-order valence-corrected chi connectivity index (χ2v) is 7.60. The Bertz CT molecular complexity index is 1280. The summed E-state index contributed by atoms with van der Waals surface area (Å²) in [6.07, 6.45) is 0.626. The zero-order valence-electron chi connectivity index (χ0n) is 17.3. The molecule has 1 aliphatic rings. The van der Waals surface area contributed by atoms with E-state index in [0.717, 1.165) is 5.69 Å².